The molecule has 0 unspecified atom stereocenters. The first-order valence-corrected chi connectivity index (χ1v) is 2.79. The third kappa shape index (κ3) is 156. The van der Waals surface area contributed by atoms with Crippen LogP contribution in [0.3, 0.4) is 0 Å². The largest absolute Gasteiger partial charge is 0.469 e. The lowest BCUT2D eigenvalue weighted by atomic mass is 10.8. The number of ether oxygens (including phenoxy) is 1. The molecule has 0 spiro atoms. The first kappa shape index (κ1) is 16.2. The van der Waals surface area contributed by atoms with Gasteiger partial charge in [0, 0.05) is 20.6 Å². The van der Waals surface area contributed by atoms with Crippen molar-refractivity contribution in [2.75, 3.05) is 20.8 Å². The average Bonchev–Trinajstić information content (AvgIpc) is 1.94. The Balaban J connectivity index is -0.0000000847. The van der Waals surface area contributed by atoms with Crippen LogP contribution in [0.5, 0.6) is 0 Å². The summed E-state index contributed by atoms with van der Waals surface area (Å²) < 4.78 is 4.11. The molecule has 0 aliphatic carbocycles. The maximum absolute atomic E-state index is 9.59. The fourth-order valence-electron chi connectivity index (χ4n) is 0. The Hall–Kier alpha value is -0.610. The minimum Gasteiger partial charge on any atom is -0.469 e. The van der Waals surface area contributed by atoms with Crippen LogP contribution in [-0.4, -0.2) is 37.0 Å². The van der Waals surface area contributed by atoms with E-state index in [1.807, 2.05) is 0 Å². The van der Waals surface area contributed by atoms with Gasteiger partial charge in [-0.3, -0.25) is 4.79 Å². The summed E-state index contributed by atoms with van der Waals surface area (Å²) in [4.78, 5) is 9.59. The third-order valence-corrected chi connectivity index (χ3v) is 0.287. The lowest BCUT2D eigenvalue weighted by Crippen LogP contribution is -1.88. The number of rotatable bonds is 0. The second-order valence-corrected chi connectivity index (χ2v) is 1.01. The highest BCUT2D eigenvalue weighted by molar-refractivity contribution is 5.65. The highest BCUT2D eigenvalue weighted by Gasteiger charge is 1.75. The van der Waals surface area contributed by atoms with Crippen molar-refractivity contribution in [3.05, 3.63) is 0 Å². The maximum Gasteiger partial charge on any atom is 0.302 e. The van der Waals surface area contributed by atoms with Crippen LogP contribution in [0.2, 0.25) is 0 Å². The number of hydrogen-bond acceptors (Lipinski definition) is 4. The Labute approximate surface area is 61.4 Å². The first-order valence-electron chi connectivity index (χ1n) is 2.79. The zero-order valence-corrected chi connectivity index (χ0v) is 6.92. The Morgan fingerprint density at radius 3 is 1.60 bits per heavy atom. The van der Waals surface area contributed by atoms with Crippen molar-refractivity contribution in [3.8, 4) is 0 Å². The van der Waals surface area contributed by atoms with E-state index >= 15 is 0 Å². The fourth-order valence-corrected chi connectivity index (χ4v) is 0. The van der Waals surface area contributed by atoms with Crippen molar-refractivity contribution in [2.24, 2.45) is 0 Å². The van der Waals surface area contributed by atoms with E-state index in [4.69, 9.17) is 10.2 Å². The molecule has 0 aromatic rings. The number of aliphatic hydroxyl groups is 2. The van der Waals surface area contributed by atoms with E-state index in [1.54, 1.807) is 6.92 Å². The Bertz CT molecular complexity index is 53.7. The fraction of sp³-hybridized carbons (Fsp3) is 0.833. The van der Waals surface area contributed by atoms with E-state index < -0.39 is 0 Å². The minimum absolute atomic E-state index is 0.245. The molecule has 0 atom stereocenters. The summed E-state index contributed by atoms with van der Waals surface area (Å²) in [5, 5.41) is 14.6. The van der Waals surface area contributed by atoms with Gasteiger partial charge in [-0.1, -0.05) is 0 Å². The van der Waals surface area contributed by atoms with Crippen molar-refractivity contribution in [2.45, 2.75) is 13.8 Å². The summed E-state index contributed by atoms with van der Waals surface area (Å²) in [6.07, 6.45) is 0. The second kappa shape index (κ2) is 23.8. The summed E-state index contributed by atoms with van der Waals surface area (Å²) in [6.45, 7) is 3.29. The van der Waals surface area contributed by atoms with E-state index in [0.717, 1.165) is 7.11 Å². The van der Waals surface area contributed by atoms with E-state index in [2.05, 4.69) is 4.74 Å². The predicted molar refractivity (Wildman–Crippen MR) is 38.6 cm³/mol. The highest BCUT2D eigenvalue weighted by atomic mass is 16.5. The van der Waals surface area contributed by atoms with Gasteiger partial charge in [-0.05, 0) is 6.92 Å². The zero-order chi connectivity index (χ0) is 8.99. The highest BCUT2D eigenvalue weighted by Crippen LogP contribution is 1.60. The average molecular weight is 152 g/mol. The van der Waals surface area contributed by atoms with Gasteiger partial charge in [-0.25, -0.2) is 0 Å². The van der Waals surface area contributed by atoms with Crippen molar-refractivity contribution < 1.29 is 19.7 Å². The topological polar surface area (TPSA) is 66.8 Å². The molecule has 0 aliphatic heterocycles. The second-order valence-electron chi connectivity index (χ2n) is 1.01. The van der Waals surface area contributed by atoms with E-state index in [0.29, 0.717) is 0 Å². The normalized spacial score (nSPS) is 5.80. The zero-order valence-electron chi connectivity index (χ0n) is 6.92. The Morgan fingerprint density at radius 1 is 1.50 bits per heavy atom. The van der Waals surface area contributed by atoms with Crippen LogP contribution in [0.25, 0.3) is 0 Å². The molecule has 0 radical (unpaired) electrons. The number of carbonyl (C=O) groups is 1. The van der Waals surface area contributed by atoms with Gasteiger partial charge in [-0.2, -0.15) is 0 Å². The van der Waals surface area contributed by atoms with Gasteiger partial charge < -0.3 is 14.9 Å². The van der Waals surface area contributed by atoms with Gasteiger partial charge in [0.1, 0.15) is 0 Å². The predicted octanol–water partition coefficient (Wildman–Crippen LogP) is -0.214. The third-order valence-electron chi connectivity index (χ3n) is 0.287. The summed E-state index contributed by atoms with van der Waals surface area (Å²) in [6, 6.07) is 0. The molecule has 0 fully saturated rings. The van der Waals surface area contributed by atoms with Gasteiger partial charge in [0.05, 0.1) is 7.11 Å². The molecule has 0 saturated heterocycles. The van der Waals surface area contributed by atoms with Crippen LogP contribution < -0.4 is 0 Å². The van der Waals surface area contributed by atoms with Crippen molar-refractivity contribution in [1.82, 2.24) is 0 Å². The molecule has 0 bridgehead atoms. The SMILES string of the molecule is CCO.CO.COC(C)=O. The van der Waals surface area contributed by atoms with Crippen LogP contribution in [0.15, 0.2) is 0 Å². The lowest BCUT2D eigenvalue weighted by Gasteiger charge is -1.80. The monoisotopic (exact) mass is 152 g/mol. The molecule has 0 amide bonds. The quantitative estimate of drug-likeness (QED) is 0.471. The molecule has 0 saturated carbocycles. The molecule has 0 heterocycles. The first-order chi connectivity index (χ1) is 4.68. The molecule has 10 heavy (non-hydrogen) atoms. The van der Waals surface area contributed by atoms with Crippen LogP contribution in [0.1, 0.15) is 13.8 Å². The Morgan fingerprint density at radius 2 is 1.60 bits per heavy atom. The van der Waals surface area contributed by atoms with Crippen LogP contribution in [-0.2, 0) is 9.53 Å². The van der Waals surface area contributed by atoms with Gasteiger partial charge >= 0.3 is 5.97 Å². The van der Waals surface area contributed by atoms with Crippen LogP contribution in [0.4, 0.5) is 0 Å². The molecule has 0 aromatic heterocycles. The summed E-state index contributed by atoms with van der Waals surface area (Å²) >= 11 is 0. The standard InChI is InChI=1S/C3H6O2.C2H6O.CH4O/c1-3(4)5-2;1-2-3;1-2/h1-2H3;3H,2H2,1H3;2H,1H3. The molecule has 0 rings (SSSR count). The number of aliphatic hydroxyl groups excluding tert-OH is 2. The lowest BCUT2D eigenvalue weighted by molar-refractivity contribution is -0.137. The van der Waals surface area contributed by atoms with Gasteiger partial charge in [-0.15, -0.1) is 0 Å². The molecule has 0 aliphatic rings. The van der Waals surface area contributed by atoms with Crippen molar-refractivity contribution in [3.63, 3.8) is 0 Å². The number of carbonyl (C=O) groups excluding carboxylic acids is 1. The van der Waals surface area contributed by atoms with E-state index in [-0.39, 0.29) is 12.6 Å². The number of esters is 1. The molecule has 2 N–H and O–H groups in total. The molecule has 0 aromatic carbocycles. The molecular weight excluding hydrogens is 136 g/mol. The number of hydrogen-bond donors (Lipinski definition) is 2. The summed E-state index contributed by atoms with van der Waals surface area (Å²) in [5.74, 6) is -0.245. The minimum atomic E-state index is -0.245. The van der Waals surface area contributed by atoms with E-state index in [1.165, 1.54) is 14.0 Å². The molecule has 4 heteroatoms. The van der Waals surface area contributed by atoms with Crippen LogP contribution >= 0.6 is 0 Å². The summed E-state index contributed by atoms with van der Waals surface area (Å²) in [7, 11) is 2.35. The van der Waals surface area contributed by atoms with Gasteiger partial charge in [0.2, 0.25) is 0 Å². The number of methoxy groups -OCH3 is 1. The maximum atomic E-state index is 9.59. The van der Waals surface area contributed by atoms with Crippen LogP contribution in [0, 0.1) is 0 Å². The summed E-state index contributed by atoms with van der Waals surface area (Å²) in [5.41, 5.74) is 0. The van der Waals surface area contributed by atoms with Gasteiger partial charge in [0.15, 0.2) is 0 Å². The molecule has 4 nitrogen and oxygen atoms in total. The molecular formula is C6H16O4. The van der Waals surface area contributed by atoms with E-state index in [9.17, 15) is 4.79 Å². The van der Waals surface area contributed by atoms with Crippen molar-refractivity contribution in [1.29, 1.82) is 0 Å². The Kier molecular flexibility index (Phi) is 38.5. The van der Waals surface area contributed by atoms with Gasteiger partial charge in [0.25, 0.3) is 0 Å². The van der Waals surface area contributed by atoms with Crippen molar-refractivity contribution >= 4 is 5.97 Å². The molecule has 64 valence electrons. The smallest absolute Gasteiger partial charge is 0.302 e.